The highest BCUT2D eigenvalue weighted by Crippen LogP contribution is 2.33. The number of amides is 1. The molecule has 3 N–H and O–H groups in total. The Hall–Kier alpha value is -2.95. The summed E-state index contributed by atoms with van der Waals surface area (Å²) in [7, 11) is 0. The van der Waals surface area contributed by atoms with Crippen LogP contribution in [0.3, 0.4) is 0 Å². The van der Waals surface area contributed by atoms with Crippen molar-refractivity contribution < 1.29 is 4.79 Å². The number of hydrogen-bond donors (Lipinski definition) is 2. The summed E-state index contributed by atoms with van der Waals surface area (Å²) in [6.07, 6.45) is 5.11. The van der Waals surface area contributed by atoms with Crippen molar-refractivity contribution in [2.45, 2.75) is 0 Å². The fourth-order valence-electron chi connectivity index (χ4n) is 2.19. The third-order valence-corrected chi connectivity index (χ3v) is 3.06. The monoisotopic (exact) mass is 264 g/mol. The first kappa shape index (κ1) is 12.1. The molecule has 0 aliphatic rings. The lowest BCUT2D eigenvalue weighted by Crippen LogP contribution is -2.12. The molecule has 0 unspecified atom stereocenters. The minimum Gasteiger partial charge on any atom is -0.366 e. The van der Waals surface area contributed by atoms with Gasteiger partial charge < -0.3 is 5.73 Å². The Morgan fingerprint density at radius 1 is 1.15 bits per heavy atom. The molecule has 0 fully saturated rings. The van der Waals surface area contributed by atoms with E-state index < -0.39 is 5.91 Å². The standard InChI is InChI=1S/C15H12N4O/c16-15(20)12-5-3-4-11(13-6-1-2-7-17-13)14(12)10-8-18-19-9-10/h1-9H,(H2,16,20)(H,18,19). The van der Waals surface area contributed by atoms with Crippen molar-refractivity contribution in [3.8, 4) is 22.4 Å². The molecule has 0 radical (unpaired) electrons. The van der Waals surface area contributed by atoms with Gasteiger partial charge in [-0.25, -0.2) is 0 Å². The highest BCUT2D eigenvalue weighted by Gasteiger charge is 2.16. The van der Waals surface area contributed by atoms with E-state index in [1.54, 1.807) is 30.7 Å². The molecular weight excluding hydrogens is 252 g/mol. The number of carbonyl (C=O) groups excluding carboxylic acids is 1. The molecule has 0 aliphatic heterocycles. The van der Waals surface area contributed by atoms with Crippen LogP contribution in [0, 0.1) is 0 Å². The molecule has 0 spiro atoms. The predicted octanol–water partition coefficient (Wildman–Crippen LogP) is 2.24. The summed E-state index contributed by atoms with van der Waals surface area (Å²) in [6, 6.07) is 11.1. The summed E-state index contributed by atoms with van der Waals surface area (Å²) >= 11 is 0. The van der Waals surface area contributed by atoms with Crippen molar-refractivity contribution in [2.24, 2.45) is 5.73 Å². The van der Waals surface area contributed by atoms with E-state index in [1.165, 1.54) is 0 Å². The van der Waals surface area contributed by atoms with Gasteiger partial charge in [0.2, 0.25) is 5.91 Å². The molecule has 1 aromatic carbocycles. The summed E-state index contributed by atoms with van der Waals surface area (Å²) in [4.78, 5) is 16.0. The topological polar surface area (TPSA) is 84.7 Å². The molecule has 0 atom stereocenters. The molecule has 2 heterocycles. The summed E-state index contributed by atoms with van der Waals surface area (Å²) in [5.74, 6) is -0.473. The predicted molar refractivity (Wildman–Crippen MR) is 75.8 cm³/mol. The van der Waals surface area contributed by atoms with Crippen LogP contribution in [-0.4, -0.2) is 21.1 Å². The highest BCUT2D eigenvalue weighted by atomic mass is 16.1. The van der Waals surface area contributed by atoms with Crippen molar-refractivity contribution in [1.82, 2.24) is 15.2 Å². The number of H-pyrrole nitrogens is 1. The summed E-state index contributed by atoms with van der Waals surface area (Å²) < 4.78 is 0. The smallest absolute Gasteiger partial charge is 0.249 e. The second-order valence-electron chi connectivity index (χ2n) is 4.29. The van der Waals surface area contributed by atoms with Crippen molar-refractivity contribution in [2.75, 3.05) is 0 Å². The zero-order valence-electron chi connectivity index (χ0n) is 10.6. The normalized spacial score (nSPS) is 10.4. The van der Waals surface area contributed by atoms with E-state index in [0.717, 1.165) is 22.4 Å². The molecule has 98 valence electrons. The van der Waals surface area contributed by atoms with Gasteiger partial charge in [-0.15, -0.1) is 0 Å². The molecule has 0 aliphatic carbocycles. The maximum absolute atomic E-state index is 11.7. The second-order valence-corrected chi connectivity index (χ2v) is 4.29. The number of rotatable bonds is 3. The molecule has 1 amide bonds. The Balaban J connectivity index is 2.30. The highest BCUT2D eigenvalue weighted by molar-refractivity contribution is 6.03. The van der Waals surface area contributed by atoms with Gasteiger partial charge in [0.15, 0.2) is 0 Å². The first-order valence-electron chi connectivity index (χ1n) is 6.11. The number of pyridine rings is 1. The lowest BCUT2D eigenvalue weighted by Gasteiger charge is -2.11. The number of aromatic amines is 1. The number of primary amides is 1. The molecule has 2 aromatic heterocycles. The van der Waals surface area contributed by atoms with Crippen LogP contribution < -0.4 is 5.73 Å². The van der Waals surface area contributed by atoms with Crippen LogP contribution in [0.4, 0.5) is 0 Å². The number of nitrogens with two attached hydrogens (primary N) is 1. The van der Waals surface area contributed by atoms with Gasteiger partial charge in [-0.05, 0) is 18.2 Å². The number of nitrogens with zero attached hydrogens (tertiary/aromatic N) is 2. The average molecular weight is 264 g/mol. The third kappa shape index (κ3) is 2.05. The van der Waals surface area contributed by atoms with E-state index in [0.29, 0.717) is 5.56 Å². The van der Waals surface area contributed by atoms with Crippen molar-refractivity contribution in [3.05, 3.63) is 60.6 Å². The average Bonchev–Trinajstić information content (AvgIpc) is 3.01. The van der Waals surface area contributed by atoms with Crippen LogP contribution in [0.15, 0.2) is 55.0 Å². The lowest BCUT2D eigenvalue weighted by atomic mass is 9.94. The van der Waals surface area contributed by atoms with Crippen LogP contribution in [0.1, 0.15) is 10.4 Å². The molecule has 5 heteroatoms. The molecule has 0 bridgehead atoms. The van der Waals surface area contributed by atoms with Gasteiger partial charge in [0, 0.05) is 34.6 Å². The second kappa shape index (κ2) is 4.97. The van der Waals surface area contributed by atoms with Crippen LogP contribution in [0.5, 0.6) is 0 Å². The summed E-state index contributed by atoms with van der Waals surface area (Å²) in [6.45, 7) is 0. The van der Waals surface area contributed by atoms with Crippen molar-refractivity contribution >= 4 is 5.91 Å². The zero-order chi connectivity index (χ0) is 13.9. The molecular formula is C15H12N4O. The SMILES string of the molecule is NC(=O)c1cccc(-c2ccccn2)c1-c1cn[nH]c1. The van der Waals surface area contributed by atoms with Crippen LogP contribution in [-0.2, 0) is 0 Å². The van der Waals surface area contributed by atoms with Crippen molar-refractivity contribution in [1.29, 1.82) is 0 Å². The molecule has 20 heavy (non-hydrogen) atoms. The molecule has 5 nitrogen and oxygen atoms in total. The van der Waals surface area contributed by atoms with Gasteiger partial charge >= 0.3 is 0 Å². The Labute approximate surface area is 115 Å². The van der Waals surface area contributed by atoms with Crippen LogP contribution >= 0.6 is 0 Å². The maximum Gasteiger partial charge on any atom is 0.249 e. The van der Waals surface area contributed by atoms with Crippen LogP contribution in [0.25, 0.3) is 22.4 Å². The number of nitrogens with one attached hydrogen (secondary N) is 1. The molecule has 0 saturated carbocycles. The molecule has 0 saturated heterocycles. The number of hydrogen-bond acceptors (Lipinski definition) is 3. The van der Waals surface area contributed by atoms with E-state index in [1.807, 2.05) is 24.3 Å². The first-order chi connectivity index (χ1) is 9.77. The minimum absolute atomic E-state index is 0.453. The Morgan fingerprint density at radius 3 is 2.70 bits per heavy atom. The molecule has 3 aromatic rings. The van der Waals surface area contributed by atoms with E-state index in [2.05, 4.69) is 15.2 Å². The largest absolute Gasteiger partial charge is 0.366 e. The number of benzene rings is 1. The van der Waals surface area contributed by atoms with Crippen LogP contribution in [0.2, 0.25) is 0 Å². The summed E-state index contributed by atoms with van der Waals surface area (Å²) in [5.41, 5.74) is 9.11. The third-order valence-electron chi connectivity index (χ3n) is 3.06. The minimum atomic E-state index is -0.473. The quantitative estimate of drug-likeness (QED) is 0.760. The van der Waals surface area contributed by atoms with Gasteiger partial charge in [0.25, 0.3) is 0 Å². The molecule has 3 rings (SSSR count). The fraction of sp³-hybridized carbons (Fsp3) is 0. The van der Waals surface area contributed by atoms with Gasteiger partial charge in [-0.3, -0.25) is 14.9 Å². The fourth-order valence-corrected chi connectivity index (χ4v) is 2.19. The van der Waals surface area contributed by atoms with E-state index in [4.69, 9.17) is 5.73 Å². The van der Waals surface area contributed by atoms with Gasteiger partial charge in [-0.1, -0.05) is 18.2 Å². The van der Waals surface area contributed by atoms with E-state index in [9.17, 15) is 4.79 Å². The summed E-state index contributed by atoms with van der Waals surface area (Å²) in [5, 5.41) is 6.69. The van der Waals surface area contributed by atoms with E-state index in [-0.39, 0.29) is 0 Å². The maximum atomic E-state index is 11.7. The number of aromatic nitrogens is 3. The first-order valence-corrected chi connectivity index (χ1v) is 6.11. The Morgan fingerprint density at radius 2 is 2.05 bits per heavy atom. The van der Waals surface area contributed by atoms with Crippen molar-refractivity contribution in [3.63, 3.8) is 0 Å². The van der Waals surface area contributed by atoms with Gasteiger partial charge in [0.05, 0.1) is 11.9 Å². The van der Waals surface area contributed by atoms with Gasteiger partial charge in [-0.2, -0.15) is 5.10 Å². The Bertz CT molecular complexity index is 736. The zero-order valence-corrected chi connectivity index (χ0v) is 10.6. The Kier molecular flexibility index (Phi) is 3.01. The van der Waals surface area contributed by atoms with E-state index >= 15 is 0 Å². The number of carbonyl (C=O) groups is 1. The lowest BCUT2D eigenvalue weighted by molar-refractivity contribution is 0.100. The van der Waals surface area contributed by atoms with Gasteiger partial charge in [0.1, 0.15) is 0 Å².